The maximum Gasteiger partial charge on any atom is 0.119 e. The van der Waals surface area contributed by atoms with Crippen LogP contribution in [0.2, 0.25) is 0 Å². The van der Waals surface area contributed by atoms with Crippen molar-refractivity contribution in [3.63, 3.8) is 0 Å². The lowest BCUT2D eigenvalue weighted by atomic mass is 10.1. The fourth-order valence-electron chi connectivity index (χ4n) is 2.56. The Labute approximate surface area is 110 Å². The van der Waals surface area contributed by atoms with Crippen LogP contribution in [0.1, 0.15) is 37.8 Å². The van der Waals surface area contributed by atoms with Crippen molar-refractivity contribution < 1.29 is 4.74 Å². The van der Waals surface area contributed by atoms with Gasteiger partial charge in [0.1, 0.15) is 5.75 Å². The minimum absolute atomic E-state index is 0.368. The van der Waals surface area contributed by atoms with E-state index in [1.54, 1.807) is 0 Å². The molecule has 0 bridgehead atoms. The number of benzene rings is 1. The average molecular weight is 248 g/mol. The van der Waals surface area contributed by atoms with Gasteiger partial charge in [0, 0.05) is 12.6 Å². The topological polar surface area (TPSA) is 38.5 Å². The Morgan fingerprint density at radius 1 is 1.22 bits per heavy atom. The summed E-state index contributed by atoms with van der Waals surface area (Å²) in [5, 5.41) is 0. The van der Waals surface area contributed by atoms with Crippen molar-refractivity contribution in [2.75, 3.05) is 26.2 Å². The number of ether oxygens (including phenoxy) is 1. The molecule has 1 unspecified atom stereocenters. The van der Waals surface area contributed by atoms with E-state index in [0.29, 0.717) is 12.6 Å². The molecule has 2 rings (SSSR count). The van der Waals surface area contributed by atoms with Crippen molar-refractivity contribution in [3.05, 3.63) is 29.8 Å². The van der Waals surface area contributed by atoms with Gasteiger partial charge in [0.25, 0.3) is 0 Å². The number of nitrogens with two attached hydrogens (primary N) is 1. The van der Waals surface area contributed by atoms with Gasteiger partial charge in [-0.25, -0.2) is 0 Å². The monoisotopic (exact) mass is 248 g/mol. The van der Waals surface area contributed by atoms with Crippen LogP contribution in [-0.4, -0.2) is 31.1 Å². The quantitative estimate of drug-likeness (QED) is 0.841. The van der Waals surface area contributed by atoms with Crippen molar-refractivity contribution in [2.24, 2.45) is 5.73 Å². The van der Waals surface area contributed by atoms with Gasteiger partial charge in [-0.1, -0.05) is 19.1 Å². The molecule has 0 aromatic heterocycles. The van der Waals surface area contributed by atoms with Gasteiger partial charge < -0.3 is 10.5 Å². The van der Waals surface area contributed by atoms with Crippen molar-refractivity contribution in [1.82, 2.24) is 4.90 Å². The van der Waals surface area contributed by atoms with Crippen molar-refractivity contribution in [1.29, 1.82) is 0 Å². The van der Waals surface area contributed by atoms with Crippen LogP contribution in [0.4, 0.5) is 0 Å². The Balaban J connectivity index is 2.02. The molecule has 0 spiro atoms. The van der Waals surface area contributed by atoms with E-state index >= 15 is 0 Å². The Hall–Kier alpha value is -1.06. The molecule has 0 saturated carbocycles. The molecule has 1 aromatic carbocycles. The third-order valence-electron chi connectivity index (χ3n) is 3.54. The minimum Gasteiger partial charge on any atom is -0.494 e. The zero-order chi connectivity index (χ0) is 12.8. The third kappa shape index (κ3) is 3.24. The van der Waals surface area contributed by atoms with E-state index in [1.165, 1.54) is 31.5 Å². The molecule has 2 N–H and O–H groups in total. The molecule has 3 heteroatoms. The molecule has 1 saturated heterocycles. The smallest absolute Gasteiger partial charge is 0.119 e. The largest absolute Gasteiger partial charge is 0.494 e. The first-order valence-electron chi connectivity index (χ1n) is 7.02. The van der Waals surface area contributed by atoms with Crippen molar-refractivity contribution >= 4 is 0 Å². The van der Waals surface area contributed by atoms with Gasteiger partial charge in [-0.05, 0) is 50.0 Å². The molecule has 1 aliphatic heterocycles. The first-order valence-corrected chi connectivity index (χ1v) is 7.02. The summed E-state index contributed by atoms with van der Waals surface area (Å²) in [6.45, 7) is 5.94. The first kappa shape index (κ1) is 13.4. The lowest BCUT2D eigenvalue weighted by molar-refractivity contribution is 0.251. The predicted octanol–water partition coefficient (Wildman–Crippen LogP) is 2.57. The molecule has 0 amide bonds. The third-order valence-corrected chi connectivity index (χ3v) is 3.54. The second-order valence-electron chi connectivity index (χ2n) is 4.91. The van der Waals surface area contributed by atoms with E-state index in [2.05, 4.69) is 36.1 Å². The molecule has 1 heterocycles. The molecule has 0 radical (unpaired) electrons. The predicted molar refractivity (Wildman–Crippen MR) is 74.8 cm³/mol. The molecule has 1 fully saturated rings. The summed E-state index contributed by atoms with van der Waals surface area (Å²) < 4.78 is 5.60. The molecular formula is C15H24N2O. The number of hydrogen-bond donors (Lipinski definition) is 1. The van der Waals surface area contributed by atoms with Crippen LogP contribution in [0.15, 0.2) is 24.3 Å². The summed E-state index contributed by atoms with van der Waals surface area (Å²) in [6.07, 6.45) is 3.64. The van der Waals surface area contributed by atoms with E-state index in [-0.39, 0.29) is 0 Å². The average Bonchev–Trinajstić information content (AvgIpc) is 2.93. The highest BCUT2D eigenvalue weighted by atomic mass is 16.5. The van der Waals surface area contributed by atoms with Crippen LogP contribution in [0.3, 0.4) is 0 Å². The number of rotatable bonds is 6. The second-order valence-corrected chi connectivity index (χ2v) is 4.91. The summed E-state index contributed by atoms with van der Waals surface area (Å²) in [6, 6.07) is 8.79. The molecule has 0 aliphatic carbocycles. The van der Waals surface area contributed by atoms with Gasteiger partial charge in [-0.3, -0.25) is 4.90 Å². The Kier molecular flexibility index (Phi) is 5.02. The van der Waals surface area contributed by atoms with E-state index in [1.807, 2.05) is 0 Å². The summed E-state index contributed by atoms with van der Waals surface area (Å²) in [5.74, 6) is 0.956. The maximum atomic E-state index is 5.93. The van der Waals surface area contributed by atoms with Crippen LogP contribution in [0, 0.1) is 0 Å². The van der Waals surface area contributed by atoms with Gasteiger partial charge in [0.05, 0.1) is 6.61 Å². The van der Waals surface area contributed by atoms with Crippen LogP contribution in [0.5, 0.6) is 5.75 Å². The Bertz CT molecular complexity index is 344. The van der Waals surface area contributed by atoms with E-state index < -0.39 is 0 Å². The van der Waals surface area contributed by atoms with Crippen molar-refractivity contribution in [2.45, 2.75) is 32.2 Å². The lowest BCUT2D eigenvalue weighted by Crippen LogP contribution is -2.31. The van der Waals surface area contributed by atoms with E-state index in [0.717, 1.165) is 18.8 Å². The fraction of sp³-hybridized carbons (Fsp3) is 0.600. The Morgan fingerprint density at radius 2 is 1.89 bits per heavy atom. The molecule has 18 heavy (non-hydrogen) atoms. The maximum absolute atomic E-state index is 5.93. The normalized spacial score (nSPS) is 17.9. The lowest BCUT2D eigenvalue weighted by Gasteiger charge is -2.26. The summed E-state index contributed by atoms with van der Waals surface area (Å²) >= 11 is 0. The van der Waals surface area contributed by atoms with Crippen LogP contribution < -0.4 is 10.5 Å². The highest BCUT2D eigenvalue weighted by Gasteiger charge is 2.21. The van der Waals surface area contributed by atoms with Gasteiger partial charge in [0.2, 0.25) is 0 Å². The summed E-state index contributed by atoms with van der Waals surface area (Å²) in [7, 11) is 0. The van der Waals surface area contributed by atoms with Crippen LogP contribution >= 0.6 is 0 Å². The molecule has 1 atom stereocenters. The Morgan fingerprint density at radius 3 is 2.44 bits per heavy atom. The zero-order valence-corrected chi connectivity index (χ0v) is 11.3. The molecular weight excluding hydrogens is 224 g/mol. The first-order chi connectivity index (χ1) is 8.85. The van der Waals surface area contributed by atoms with E-state index in [9.17, 15) is 0 Å². The minimum atomic E-state index is 0.368. The number of nitrogens with zero attached hydrogens (tertiary/aromatic N) is 1. The summed E-state index contributed by atoms with van der Waals surface area (Å²) in [4.78, 5) is 2.49. The van der Waals surface area contributed by atoms with E-state index in [4.69, 9.17) is 10.5 Å². The highest BCUT2D eigenvalue weighted by molar-refractivity contribution is 5.29. The van der Waals surface area contributed by atoms with Gasteiger partial charge >= 0.3 is 0 Å². The fourth-order valence-corrected chi connectivity index (χ4v) is 2.56. The number of hydrogen-bond acceptors (Lipinski definition) is 3. The standard InChI is InChI=1S/C15H24N2O/c1-2-11-18-14-7-5-13(6-8-14)15(12-16)17-9-3-4-10-17/h5-8,15H,2-4,9-12,16H2,1H3. The van der Waals surface area contributed by atoms with Gasteiger partial charge in [0.15, 0.2) is 0 Å². The molecule has 1 aliphatic rings. The zero-order valence-electron chi connectivity index (χ0n) is 11.3. The van der Waals surface area contributed by atoms with Crippen LogP contribution in [-0.2, 0) is 0 Å². The second kappa shape index (κ2) is 6.76. The molecule has 1 aromatic rings. The molecule has 3 nitrogen and oxygen atoms in total. The number of likely N-dealkylation sites (tertiary alicyclic amines) is 1. The van der Waals surface area contributed by atoms with Crippen LogP contribution in [0.25, 0.3) is 0 Å². The SMILES string of the molecule is CCCOc1ccc(C(CN)N2CCCC2)cc1. The molecule has 100 valence electrons. The van der Waals surface area contributed by atoms with Gasteiger partial charge in [-0.15, -0.1) is 0 Å². The van der Waals surface area contributed by atoms with Gasteiger partial charge in [-0.2, -0.15) is 0 Å². The highest BCUT2D eigenvalue weighted by Crippen LogP contribution is 2.25. The summed E-state index contributed by atoms with van der Waals surface area (Å²) in [5.41, 5.74) is 7.24. The van der Waals surface area contributed by atoms with Crippen molar-refractivity contribution in [3.8, 4) is 5.75 Å².